The first-order valence-corrected chi connectivity index (χ1v) is 19.8. The fraction of sp³-hybridized carbons (Fsp3) is 0.0182. The first-order chi connectivity index (χ1) is 28.2. The average molecular weight is 725 g/mol. The van der Waals surface area contributed by atoms with Crippen LogP contribution in [0.4, 0.5) is 0 Å². The van der Waals surface area contributed by atoms with Crippen molar-refractivity contribution in [3.8, 4) is 50.2 Å². The maximum atomic E-state index is 3.59. The van der Waals surface area contributed by atoms with Crippen molar-refractivity contribution in [2.24, 2.45) is 0 Å². The zero-order valence-electron chi connectivity index (χ0n) is 31.2. The third kappa shape index (κ3) is 5.04. The molecule has 266 valence electrons. The summed E-state index contributed by atoms with van der Waals surface area (Å²) in [6.07, 6.45) is 0. The molecule has 0 aliphatic heterocycles. The second-order valence-electron chi connectivity index (χ2n) is 15.4. The lowest BCUT2D eigenvalue weighted by Gasteiger charge is -2.17. The van der Waals surface area contributed by atoms with Crippen LogP contribution in [-0.4, -0.2) is 9.55 Å². The Morgan fingerprint density at radius 3 is 1.82 bits per heavy atom. The fourth-order valence-corrected chi connectivity index (χ4v) is 9.54. The lowest BCUT2D eigenvalue weighted by atomic mass is 9.86. The third-order valence-corrected chi connectivity index (χ3v) is 12.2. The molecule has 1 aliphatic rings. The number of H-pyrrole nitrogens is 1. The van der Waals surface area contributed by atoms with Gasteiger partial charge in [-0.1, -0.05) is 152 Å². The Morgan fingerprint density at radius 2 is 0.930 bits per heavy atom. The number of nitrogens with one attached hydrogen (secondary N) is 1. The van der Waals surface area contributed by atoms with Crippen LogP contribution in [0.15, 0.2) is 206 Å². The van der Waals surface area contributed by atoms with Gasteiger partial charge in [0.1, 0.15) is 0 Å². The molecule has 1 unspecified atom stereocenters. The summed E-state index contributed by atoms with van der Waals surface area (Å²) in [5.74, 6) is 0.137. The molecule has 2 heterocycles. The molecule has 1 aliphatic carbocycles. The molecule has 57 heavy (non-hydrogen) atoms. The van der Waals surface area contributed by atoms with E-state index in [-0.39, 0.29) is 5.92 Å². The zero-order valence-corrected chi connectivity index (χ0v) is 31.2. The quantitative estimate of drug-likeness (QED) is 0.182. The lowest BCUT2D eigenvalue weighted by molar-refractivity contribution is 1.02. The predicted molar refractivity (Wildman–Crippen MR) is 239 cm³/mol. The van der Waals surface area contributed by atoms with Crippen molar-refractivity contribution >= 4 is 43.6 Å². The van der Waals surface area contributed by atoms with Crippen molar-refractivity contribution in [2.75, 3.05) is 0 Å². The summed E-state index contributed by atoms with van der Waals surface area (Å²) >= 11 is 0. The minimum absolute atomic E-state index is 0.137. The van der Waals surface area contributed by atoms with Crippen LogP contribution in [0.2, 0.25) is 0 Å². The fourth-order valence-electron chi connectivity index (χ4n) is 9.54. The van der Waals surface area contributed by atoms with Gasteiger partial charge in [0.15, 0.2) is 0 Å². The van der Waals surface area contributed by atoms with Crippen molar-refractivity contribution < 1.29 is 0 Å². The molecule has 0 saturated carbocycles. The first-order valence-electron chi connectivity index (χ1n) is 19.8. The SMILES string of the molecule is c1ccc(-c2ccc(-n3c4ccccc4c4cc(-c5ccc6c(c5)C(c5cccc(-c7ccc8[nH]c9ccccc9c8c7)c5)c5ccccc5-6)ccc43)cc2)cc1. The highest BCUT2D eigenvalue weighted by Crippen LogP contribution is 2.50. The summed E-state index contributed by atoms with van der Waals surface area (Å²) in [4.78, 5) is 3.59. The minimum atomic E-state index is 0.137. The number of hydrogen-bond acceptors (Lipinski definition) is 0. The smallest absolute Gasteiger partial charge is 0.0541 e. The van der Waals surface area contributed by atoms with Gasteiger partial charge in [0.2, 0.25) is 0 Å². The number of rotatable bonds is 5. The predicted octanol–water partition coefficient (Wildman–Crippen LogP) is 14.6. The molecule has 0 bridgehead atoms. The van der Waals surface area contributed by atoms with Gasteiger partial charge < -0.3 is 9.55 Å². The second kappa shape index (κ2) is 12.6. The maximum Gasteiger partial charge on any atom is 0.0541 e. The molecule has 2 aromatic heterocycles. The number of aromatic amines is 1. The van der Waals surface area contributed by atoms with E-state index in [4.69, 9.17) is 0 Å². The van der Waals surface area contributed by atoms with Crippen LogP contribution < -0.4 is 0 Å². The topological polar surface area (TPSA) is 20.7 Å². The second-order valence-corrected chi connectivity index (χ2v) is 15.4. The Kier molecular flexibility index (Phi) is 7.02. The molecule has 12 rings (SSSR count). The molecular weight excluding hydrogens is 689 g/mol. The molecule has 0 spiro atoms. The number of para-hydroxylation sites is 2. The van der Waals surface area contributed by atoms with E-state index in [1.54, 1.807) is 0 Å². The molecule has 2 nitrogen and oxygen atoms in total. The van der Waals surface area contributed by atoms with Crippen molar-refractivity contribution in [3.63, 3.8) is 0 Å². The van der Waals surface area contributed by atoms with Gasteiger partial charge in [-0.3, -0.25) is 0 Å². The number of benzene rings is 9. The van der Waals surface area contributed by atoms with Crippen molar-refractivity contribution in [3.05, 3.63) is 223 Å². The Labute approximate surface area is 330 Å². The largest absolute Gasteiger partial charge is 0.355 e. The highest BCUT2D eigenvalue weighted by molar-refractivity contribution is 6.11. The van der Waals surface area contributed by atoms with Crippen molar-refractivity contribution in [1.29, 1.82) is 0 Å². The van der Waals surface area contributed by atoms with E-state index in [0.717, 1.165) is 5.69 Å². The van der Waals surface area contributed by atoms with Gasteiger partial charge in [-0.05, 0) is 116 Å². The molecule has 9 aromatic carbocycles. The van der Waals surface area contributed by atoms with Gasteiger partial charge in [0.25, 0.3) is 0 Å². The monoisotopic (exact) mass is 724 g/mol. The molecule has 0 saturated heterocycles. The molecular formula is C55H36N2. The molecule has 0 radical (unpaired) electrons. The van der Waals surface area contributed by atoms with Crippen molar-refractivity contribution in [2.45, 2.75) is 5.92 Å². The minimum Gasteiger partial charge on any atom is -0.355 e. The third-order valence-electron chi connectivity index (χ3n) is 12.2. The Hall–Kier alpha value is -7.42. The summed E-state index contributed by atoms with van der Waals surface area (Å²) in [7, 11) is 0. The number of hydrogen-bond donors (Lipinski definition) is 1. The van der Waals surface area contributed by atoms with Gasteiger partial charge in [0, 0.05) is 44.2 Å². The zero-order chi connectivity index (χ0) is 37.5. The number of aromatic nitrogens is 2. The van der Waals surface area contributed by atoms with Gasteiger partial charge in [-0.25, -0.2) is 0 Å². The van der Waals surface area contributed by atoms with E-state index in [1.807, 2.05) is 0 Å². The van der Waals surface area contributed by atoms with Crippen molar-refractivity contribution in [1.82, 2.24) is 9.55 Å². The Balaban J connectivity index is 0.955. The van der Waals surface area contributed by atoms with E-state index in [1.165, 1.54) is 105 Å². The van der Waals surface area contributed by atoms with Crippen LogP contribution in [-0.2, 0) is 0 Å². The van der Waals surface area contributed by atoms with Gasteiger partial charge in [-0.15, -0.1) is 0 Å². The molecule has 2 heteroatoms. The Morgan fingerprint density at radius 1 is 0.333 bits per heavy atom. The molecule has 1 N–H and O–H groups in total. The number of fused-ring (bicyclic) bond motifs is 9. The normalized spacial score (nSPS) is 13.4. The number of nitrogens with zero attached hydrogens (tertiary/aromatic N) is 1. The van der Waals surface area contributed by atoms with Crippen LogP contribution >= 0.6 is 0 Å². The highest BCUT2D eigenvalue weighted by Gasteiger charge is 2.30. The van der Waals surface area contributed by atoms with Crippen LogP contribution in [0, 0.1) is 0 Å². The average Bonchev–Trinajstić information content (AvgIpc) is 3.94. The molecule has 0 fully saturated rings. The van der Waals surface area contributed by atoms with Gasteiger partial charge in [0.05, 0.1) is 11.0 Å². The van der Waals surface area contributed by atoms with E-state index in [2.05, 4.69) is 216 Å². The van der Waals surface area contributed by atoms with Crippen LogP contribution in [0.5, 0.6) is 0 Å². The standard InChI is InChI=1S/C55H36N2/c1-2-11-35(12-3-1)36-21-26-42(27-22-36)57-53-20-9-7-17-46(53)49-33-40(25-30-54(49)57)38-23-28-44-43-15-4-5-18-47(43)55(50(44)34-38)41-14-10-13-37(31-41)39-24-29-52-48(32-39)45-16-6-8-19-51(45)56-52/h1-34,55-56H. The van der Waals surface area contributed by atoms with E-state index >= 15 is 0 Å². The van der Waals surface area contributed by atoms with Crippen LogP contribution in [0.25, 0.3) is 93.8 Å². The maximum absolute atomic E-state index is 3.59. The summed E-state index contributed by atoms with van der Waals surface area (Å²) < 4.78 is 2.40. The van der Waals surface area contributed by atoms with E-state index in [9.17, 15) is 0 Å². The summed E-state index contributed by atoms with van der Waals surface area (Å²) in [5, 5.41) is 5.04. The van der Waals surface area contributed by atoms with Gasteiger partial charge in [-0.2, -0.15) is 0 Å². The van der Waals surface area contributed by atoms with Gasteiger partial charge >= 0.3 is 0 Å². The van der Waals surface area contributed by atoms with Crippen LogP contribution in [0.1, 0.15) is 22.6 Å². The first kappa shape index (κ1) is 31.9. The molecule has 1 atom stereocenters. The van der Waals surface area contributed by atoms with Crippen LogP contribution in [0.3, 0.4) is 0 Å². The molecule has 0 amide bonds. The summed E-state index contributed by atoms with van der Waals surface area (Å²) in [6, 6.07) is 76.0. The highest BCUT2D eigenvalue weighted by atomic mass is 15.0. The summed E-state index contributed by atoms with van der Waals surface area (Å²) in [5.41, 5.74) is 20.0. The summed E-state index contributed by atoms with van der Waals surface area (Å²) in [6.45, 7) is 0. The molecule has 11 aromatic rings. The Bertz CT molecular complexity index is 3340. The van der Waals surface area contributed by atoms with E-state index < -0.39 is 0 Å². The van der Waals surface area contributed by atoms with E-state index in [0.29, 0.717) is 0 Å². The lowest BCUT2D eigenvalue weighted by Crippen LogP contribution is -2.00.